The maximum absolute atomic E-state index is 13.4. The van der Waals surface area contributed by atoms with E-state index in [4.69, 9.17) is 0 Å². The van der Waals surface area contributed by atoms with Crippen LogP contribution >= 0.6 is 27.3 Å². The summed E-state index contributed by atoms with van der Waals surface area (Å²) < 4.78 is 14.1. The third kappa shape index (κ3) is 2.79. The maximum Gasteiger partial charge on any atom is 0.125 e. The van der Waals surface area contributed by atoms with Gasteiger partial charge in [0.05, 0.1) is 5.69 Å². The Balaban J connectivity index is 2.45. The summed E-state index contributed by atoms with van der Waals surface area (Å²) in [5, 5.41) is 4.05. The molecule has 0 aliphatic heterocycles. The molecule has 0 aliphatic rings. The molecule has 0 saturated carbocycles. The fourth-order valence-electron chi connectivity index (χ4n) is 1.74. The van der Waals surface area contributed by atoms with Gasteiger partial charge < -0.3 is 5.32 Å². The quantitative estimate of drug-likeness (QED) is 0.908. The highest BCUT2D eigenvalue weighted by molar-refractivity contribution is 9.10. The van der Waals surface area contributed by atoms with Gasteiger partial charge in [0.2, 0.25) is 0 Å². The monoisotopic (exact) mass is 328 g/mol. The van der Waals surface area contributed by atoms with E-state index in [-0.39, 0.29) is 11.9 Å². The molecule has 1 atom stereocenters. The number of nitrogens with one attached hydrogen (secondary N) is 1. The molecule has 0 aliphatic carbocycles. The molecule has 5 heteroatoms. The van der Waals surface area contributed by atoms with Crippen molar-refractivity contribution in [2.24, 2.45) is 0 Å². The Kier molecular flexibility index (Phi) is 4.14. The van der Waals surface area contributed by atoms with Crippen molar-refractivity contribution in [3.05, 3.63) is 39.1 Å². The van der Waals surface area contributed by atoms with Gasteiger partial charge in [-0.1, -0.05) is 15.9 Å². The lowest BCUT2D eigenvalue weighted by Crippen LogP contribution is -2.11. The van der Waals surface area contributed by atoms with Gasteiger partial charge in [-0.05, 0) is 39.1 Å². The summed E-state index contributed by atoms with van der Waals surface area (Å²) in [4.78, 5) is 5.71. The van der Waals surface area contributed by atoms with Crippen molar-refractivity contribution in [3.8, 4) is 10.6 Å². The first-order valence-corrected chi connectivity index (χ1v) is 7.23. The van der Waals surface area contributed by atoms with E-state index in [1.165, 1.54) is 17.0 Å². The number of halogens is 2. The highest BCUT2D eigenvalue weighted by Gasteiger charge is 2.14. The van der Waals surface area contributed by atoms with Crippen molar-refractivity contribution in [2.45, 2.75) is 19.9 Å². The molecule has 1 aromatic carbocycles. The first-order valence-electron chi connectivity index (χ1n) is 5.62. The number of hydrogen-bond acceptors (Lipinski definition) is 3. The van der Waals surface area contributed by atoms with Gasteiger partial charge in [-0.3, -0.25) is 0 Å². The second-order valence-corrected chi connectivity index (χ2v) is 6.08. The van der Waals surface area contributed by atoms with Gasteiger partial charge in [0.1, 0.15) is 10.8 Å². The van der Waals surface area contributed by atoms with Crippen LogP contribution in [0, 0.1) is 12.7 Å². The molecule has 1 heterocycles. The third-order valence-electron chi connectivity index (χ3n) is 2.77. The summed E-state index contributed by atoms with van der Waals surface area (Å²) in [7, 11) is 1.92. The molecule has 2 nitrogen and oxygen atoms in total. The molecule has 2 rings (SSSR count). The average molecular weight is 329 g/mol. The number of hydrogen-bond donors (Lipinski definition) is 1. The lowest BCUT2D eigenvalue weighted by atomic mass is 10.2. The van der Waals surface area contributed by atoms with Gasteiger partial charge in [-0.25, -0.2) is 9.37 Å². The molecule has 2 aromatic rings. The summed E-state index contributed by atoms with van der Waals surface area (Å²) in [5.74, 6) is -0.254. The number of nitrogens with zero attached hydrogens (tertiary/aromatic N) is 1. The molecule has 18 heavy (non-hydrogen) atoms. The largest absolute Gasteiger partial charge is 0.312 e. The lowest BCUT2D eigenvalue weighted by molar-refractivity contribution is 0.627. The molecule has 0 fully saturated rings. The molecule has 0 radical (unpaired) electrons. The van der Waals surface area contributed by atoms with Gasteiger partial charge in [0.25, 0.3) is 0 Å². The topological polar surface area (TPSA) is 24.9 Å². The number of rotatable bonds is 3. The number of aryl methyl sites for hydroxylation is 1. The van der Waals surface area contributed by atoms with Crippen LogP contribution in [0.3, 0.4) is 0 Å². The van der Waals surface area contributed by atoms with Crippen molar-refractivity contribution >= 4 is 27.3 Å². The summed E-state index contributed by atoms with van der Waals surface area (Å²) in [6.45, 7) is 4.07. The van der Waals surface area contributed by atoms with E-state index in [1.54, 1.807) is 11.3 Å². The smallest absolute Gasteiger partial charge is 0.125 e. The predicted octanol–water partition coefficient (Wildman–Crippen LogP) is 4.30. The minimum atomic E-state index is -0.254. The molecule has 0 amide bonds. The van der Waals surface area contributed by atoms with Gasteiger partial charge in [0, 0.05) is 21.0 Å². The second-order valence-electron chi connectivity index (χ2n) is 4.14. The molecule has 96 valence electrons. The number of aromatic nitrogens is 1. The highest BCUT2D eigenvalue weighted by Crippen LogP contribution is 2.33. The van der Waals surface area contributed by atoms with Crippen LogP contribution in [0.1, 0.15) is 23.5 Å². The Morgan fingerprint density at radius 1 is 1.39 bits per heavy atom. The average Bonchev–Trinajstić information content (AvgIpc) is 2.69. The molecular weight excluding hydrogens is 315 g/mol. The van der Waals surface area contributed by atoms with E-state index in [9.17, 15) is 4.39 Å². The van der Waals surface area contributed by atoms with Crippen molar-refractivity contribution < 1.29 is 4.39 Å². The molecule has 1 N–H and O–H groups in total. The van der Waals surface area contributed by atoms with Crippen LogP contribution in [0.4, 0.5) is 4.39 Å². The van der Waals surface area contributed by atoms with Crippen LogP contribution in [-0.2, 0) is 0 Å². The number of thiazole rings is 1. The zero-order chi connectivity index (χ0) is 13.3. The molecule has 0 spiro atoms. The molecule has 0 bridgehead atoms. The summed E-state index contributed by atoms with van der Waals surface area (Å²) in [6, 6.07) is 5.10. The SMILES string of the molecule is CNC(C)c1sc(-c2cc(F)cc(Br)c2)nc1C. The first-order chi connectivity index (χ1) is 8.51. The predicted molar refractivity (Wildman–Crippen MR) is 77.4 cm³/mol. The van der Waals surface area contributed by atoms with Crippen LogP contribution in [0.5, 0.6) is 0 Å². The standard InChI is InChI=1S/C13H14BrFN2S/c1-7(16-3)12-8(2)17-13(18-12)9-4-10(14)6-11(15)5-9/h4-7,16H,1-3H3. The van der Waals surface area contributed by atoms with Crippen molar-refractivity contribution in [2.75, 3.05) is 7.05 Å². The van der Waals surface area contributed by atoms with Gasteiger partial charge in [0.15, 0.2) is 0 Å². The highest BCUT2D eigenvalue weighted by atomic mass is 79.9. The van der Waals surface area contributed by atoms with Crippen molar-refractivity contribution in [1.82, 2.24) is 10.3 Å². The summed E-state index contributed by atoms with van der Waals surface area (Å²) in [5.41, 5.74) is 1.81. The summed E-state index contributed by atoms with van der Waals surface area (Å²) >= 11 is 4.90. The molecule has 0 saturated heterocycles. The van der Waals surface area contributed by atoms with E-state index in [0.717, 1.165) is 20.7 Å². The Labute approximate surface area is 118 Å². The minimum absolute atomic E-state index is 0.254. The van der Waals surface area contributed by atoms with Crippen LogP contribution in [0.2, 0.25) is 0 Å². The molecular formula is C13H14BrFN2S. The second kappa shape index (κ2) is 5.47. The lowest BCUT2D eigenvalue weighted by Gasteiger charge is -2.06. The van der Waals surface area contributed by atoms with E-state index in [1.807, 2.05) is 20.0 Å². The van der Waals surface area contributed by atoms with Crippen molar-refractivity contribution in [3.63, 3.8) is 0 Å². The normalized spacial score (nSPS) is 12.7. The van der Waals surface area contributed by atoms with E-state index >= 15 is 0 Å². The zero-order valence-corrected chi connectivity index (χ0v) is 12.8. The van der Waals surface area contributed by atoms with Crippen LogP contribution in [-0.4, -0.2) is 12.0 Å². The van der Waals surface area contributed by atoms with Crippen molar-refractivity contribution in [1.29, 1.82) is 0 Å². The minimum Gasteiger partial charge on any atom is -0.312 e. The van der Waals surface area contributed by atoms with Gasteiger partial charge >= 0.3 is 0 Å². The number of benzene rings is 1. The van der Waals surface area contributed by atoms with Gasteiger partial charge in [-0.15, -0.1) is 11.3 Å². The Hall–Kier alpha value is -0.780. The fraction of sp³-hybridized carbons (Fsp3) is 0.308. The molecule has 1 aromatic heterocycles. The van der Waals surface area contributed by atoms with Crippen LogP contribution in [0.15, 0.2) is 22.7 Å². The third-order valence-corrected chi connectivity index (χ3v) is 4.62. The summed E-state index contributed by atoms with van der Waals surface area (Å²) in [6.07, 6.45) is 0. The van der Waals surface area contributed by atoms with E-state index in [2.05, 4.69) is 33.2 Å². The van der Waals surface area contributed by atoms with Gasteiger partial charge in [-0.2, -0.15) is 0 Å². The van der Waals surface area contributed by atoms with E-state index in [0.29, 0.717) is 0 Å². The Bertz CT molecular complexity index is 548. The maximum atomic E-state index is 13.4. The van der Waals surface area contributed by atoms with Crippen LogP contribution in [0.25, 0.3) is 10.6 Å². The fourth-order valence-corrected chi connectivity index (χ4v) is 3.32. The van der Waals surface area contributed by atoms with E-state index < -0.39 is 0 Å². The Morgan fingerprint density at radius 3 is 2.72 bits per heavy atom. The zero-order valence-electron chi connectivity index (χ0n) is 10.4. The van der Waals surface area contributed by atoms with Crippen LogP contribution < -0.4 is 5.32 Å². The Morgan fingerprint density at radius 2 is 2.11 bits per heavy atom. The molecule has 1 unspecified atom stereocenters. The first kappa shape index (κ1) is 13.6.